The van der Waals surface area contributed by atoms with Crippen molar-refractivity contribution in [1.29, 1.82) is 0 Å². The van der Waals surface area contributed by atoms with Crippen LogP contribution in [-0.4, -0.2) is 38.1 Å². The van der Waals surface area contributed by atoms with Gasteiger partial charge in [-0.2, -0.15) is 5.10 Å². The quantitative estimate of drug-likeness (QED) is 0.831. The van der Waals surface area contributed by atoms with E-state index < -0.39 is 5.60 Å². The van der Waals surface area contributed by atoms with Crippen LogP contribution in [0.15, 0.2) is 41.5 Å². The first-order chi connectivity index (χ1) is 13.6. The molecule has 2 N–H and O–H groups in total. The fourth-order valence-corrected chi connectivity index (χ4v) is 4.61. The standard InChI is InChI=1S/C22H30N4O2/c27-21-9-8-20(17-10-14-23-15-11-17)25-26(21)19-6-4-18(5-7-19)24-16-22(28)12-2-1-3-13-22/h8-11,14-15,18-19,24,28H,1-7,12-13,16H2. The Morgan fingerprint density at radius 1 is 1.04 bits per heavy atom. The third-order valence-corrected chi connectivity index (χ3v) is 6.35. The van der Waals surface area contributed by atoms with Gasteiger partial charge in [-0.25, -0.2) is 4.68 Å². The first kappa shape index (κ1) is 19.3. The van der Waals surface area contributed by atoms with E-state index in [-0.39, 0.29) is 11.6 Å². The van der Waals surface area contributed by atoms with Gasteiger partial charge in [0.25, 0.3) is 5.56 Å². The van der Waals surface area contributed by atoms with Crippen LogP contribution in [0.1, 0.15) is 63.8 Å². The second kappa shape index (κ2) is 8.53. The Hall–Kier alpha value is -2.05. The van der Waals surface area contributed by atoms with E-state index in [2.05, 4.69) is 15.4 Å². The number of aliphatic hydroxyl groups is 1. The topological polar surface area (TPSA) is 80.0 Å². The summed E-state index contributed by atoms with van der Waals surface area (Å²) < 4.78 is 1.67. The van der Waals surface area contributed by atoms with Crippen molar-refractivity contribution in [1.82, 2.24) is 20.1 Å². The van der Waals surface area contributed by atoms with E-state index in [9.17, 15) is 9.90 Å². The summed E-state index contributed by atoms with van der Waals surface area (Å²) in [5.74, 6) is 0. The van der Waals surface area contributed by atoms with E-state index >= 15 is 0 Å². The lowest BCUT2D eigenvalue weighted by atomic mass is 9.84. The average Bonchev–Trinajstić information content (AvgIpc) is 2.74. The molecule has 0 aliphatic heterocycles. The second-order valence-electron chi connectivity index (χ2n) is 8.41. The van der Waals surface area contributed by atoms with Gasteiger partial charge in [0.05, 0.1) is 17.3 Å². The van der Waals surface area contributed by atoms with Gasteiger partial charge < -0.3 is 10.4 Å². The van der Waals surface area contributed by atoms with E-state index in [1.54, 1.807) is 29.2 Å². The Labute approximate surface area is 166 Å². The van der Waals surface area contributed by atoms with E-state index in [1.807, 2.05) is 12.1 Å². The summed E-state index contributed by atoms with van der Waals surface area (Å²) in [7, 11) is 0. The molecule has 28 heavy (non-hydrogen) atoms. The maximum Gasteiger partial charge on any atom is 0.267 e. The van der Waals surface area contributed by atoms with Gasteiger partial charge in [-0.15, -0.1) is 0 Å². The van der Waals surface area contributed by atoms with Crippen LogP contribution in [0.2, 0.25) is 0 Å². The number of pyridine rings is 1. The summed E-state index contributed by atoms with van der Waals surface area (Å²) in [6, 6.07) is 7.78. The fourth-order valence-electron chi connectivity index (χ4n) is 4.61. The Morgan fingerprint density at radius 2 is 1.75 bits per heavy atom. The van der Waals surface area contributed by atoms with Crippen LogP contribution in [0.3, 0.4) is 0 Å². The van der Waals surface area contributed by atoms with E-state index in [4.69, 9.17) is 0 Å². The van der Waals surface area contributed by atoms with Crippen molar-refractivity contribution < 1.29 is 5.11 Å². The molecule has 0 unspecified atom stereocenters. The first-order valence-corrected chi connectivity index (χ1v) is 10.6. The molecule has 0 aromatic carbocycles. The lowest BCUT2D eigenvalue weighted by Crippen LogP contribution is -2.47. The summed E-state index contributed by atoms with van der Waals surface area (Å²) in [5.41, 5.74) is 1.22. The van der Waals surface area contributed by atoms with Gasteiger partial charge in [-0.1, -0.05) is 19.3 Å². The Kier molecular flexibility index (Phi) is 5.87. The molecule has 2 aliphatic rings. The summed E-state index contributed by atoms with van der Waals surface area (Å²) >= 11 is 0. The molecule has 2 fully saturated rings. The Bertz CT molecular complexity index is 822. The number of nitrogens with zero attached hydrogens (tertiary/aromatic N) is 3. The van der Waals surface area contributed by atoms with E-state index in [0.717, 1.165) is 62.6 Å². The minimum absolute atomic E-state index is 0.0364. The minimum Gasteiger partial charge on any atom is -0.389 e. The summed E-state index contributed by atoms with van der Waals surface area (Å²) in [6.45, 7) is 0.693. The highest BCUT2D eigenvalue weighted by molar-refractivity contribution is 5.57. The van der Waals surface area contributed by atoms with Crippen LogP contribution in [-0.2, 0) is 0 Å². The normalized spacial score (nSPS) is 24.8. The van der Waals surface area contributed by atoms with Crippen LogP contribution in [0.4, 0.5) is 0 Å². The van der Waals surface area contributed by atoms with E-state index in [0.29, 0.717) is 12.6 Å². The number of rotatable bonds is 5. The molecule has 2 aromatic heterocycles. The van der Waals surface area contributed by atoms with Gasteiger partial charge in [0.1, 0.15) is 0 Å². The van der Waals surface area contributed by atoms with Crippen molar-refractivity contribution in [3.05, 3.63) is 47.0 Å². The van der Waals surface area contributed by atoms with Crippen molar-refractivity contribution in [2.45, 2.75) is 75.5 Å². The summed E-state index contributed by atoms with van der Waals surface area (Å²) in [6.07, 6.45) is 12.7. The fraction of sp³-hybridized carbons (Fsp3) is 0.591. The molecule has 0 atom stereocenters. The van der Waals surface area contributed by atoms with E-state index in [1.165, 1.54) is 6.42 Å². The molecule has 2 heterocycles. The molecule has 0 bridgehead atoms. The minimum atomic E-state index is -0.521. The molecule has 150 valence electrons. The first-order valence-electron chi connectivity index (χ1n) is 10.6. The molecule has 0 saturated heterocycles. The molecule has 4 rings (SSSR count). The Morgan fingerprint density at radius 3 is 2.46 bits per heavy atom. The highest BCUT2D eigenvalue weighted by Crippen LogP contribution is 2.30. The van der Waals surface area contributed by atoms with Crippen molar-refractivity contribution in [2.24, 2.45) is 0 Å². The molecular weight excluding hydrogens is 352 g/mol. The number of hydrogen-bond acceptors (Lipinski definition) is 5. The van der Waals surface area contributed by atoms with Crippen molar-refractivity contribution in [3.8, 4) is 11.3 Å². The maximum atomic E-state index is 12.4. The molecule has 6 heteroatoms. The predicted molar refractivity (Wildman–Crippen MR) is 109 cm³/mol. The Balaban J connectivity index is 1.36. The van der Waals surface area contributed by atoms with Crippen molar-refractivity contribution in [3.63, 3.8) is 0 Å². The molecule has 2 aromatic rings. The average molecular weight is 383 g/mol. The molecule has 0 radical (unpaired) electrons. The number of hydrogen-bond donors (Lipinski definition) is 2. The summed E-state index contributed by atoms with van der Waals surface area (Å²) in [4.78, 5) is 16.4. The second-order valence-corrected chi connectivity index (χ2v) is 8.41. The third kappa shape index (κ3) is 4.50. The van der Waals surface area contributed by atoms with Crippen molar-refractivity contribution in [2.75, 3.05) is 6.54 Å². The van der Waals surface area contributed by atoms with Gasteiger partial charge in [-0.05, 0) is 56.7 Å². The van der Waals surface area contributed by atoms with Crippen LogP contribution >= 0.6 is 0 Å². The molecule has 2 saturated carbocycles. The summed E-state index contributed by atoms with van der Waals surface area (Å²) in [5, 5.41) is 18.9. The van der Waals surface area contributed by atoms with Crippen LogP contribution < -0.4 is 10.9 Å². The smallest absolute Gasteiger partial charge is 0.267 e. The zero-order valence-corrected chi connectivity index (χ0v) is 16.4. The maximum absolute atomic E-state index is 12.4. The van der Waals surface area contributed by atoms with Gasteiger partial charge in [0.2, 0.25) is 0 Å². The zero-order valence-electron chi connectivity index (χ0n) is 16.4. The van der Waals surface area contributed by atoms with Gasteiger partial charge in [-0.3, -0.25) is 9.78 Å². The molecule has 2 aliphatic carbocycles. The predicted octanol–water partition coefficient (Wildman–Crippen LogP) is 3.07. The monoisotopic (exact) mass is 382 g/mol. The van der Waals surface area contributed by atoms with Crippen LogP contribution in [0.5, 0.6) is 0 Å². The van der Waals surface area contributed by atoms with Gasteiger partial charge in [0, 0.05) is 36.6 Å². The molecule has 6 nitrogen and oxygen atoms in total. The third-order valence-electron chi connectivity index (χ3n) is 6.35. The van der Waals surface area contributed by atoms with Crippen molar-refractivity contribution >= 4 is 0 Å². The highest BCUT2D eigenvalue weighted by Gasteiger charge is 2.31. The van der Waals surface area contributed by atoms with Crippen LogP contribution in [0, 0.1) is 0 Å². The number of aromatic nitrogens is 3. The highest BCUT2D eigenvalue weighted by atomic mass is 16.3. The lowest BCUT2D eigenvalue weighted by molar-refractivity contribution is 0.00127. The zero-order chi connectivity index (χ0) is 19.4. The van der Waals surface area contributed by atoms with Crippen LogP contribution in [0.25, 0.3) is 11.3 Å². The van der Waals surface area contributed by atoms with Gasteiger partial charge in [0.15, 0.2) is 0 Å². The largest absolute Gasteiger partial charge is 0.389 e. The molecule has 0 spiro atoms. The molecule has 0 amide bonds. The number of nitrogens with one attached hydrogen (secondary N) is 1. The molecular formula is C22H30N4O2. The van der Waals surface area contributed by atoms with Gasteiger partial charge >= 0.3 is 0 Å². The lowest BCUT2D eigenvalue weighted by Gasteiger charge is -2.36. The SMILES string of the molecule is O=c1ccc(-c2ccncc2)nn1C1CCC(NCC2(O)CCCCC2)CC1.